The molecule has 0 aliphatic rings. The summed E-state index contributed by atoms with van der Waals surface area (Å²) in [6.07, 6.45) is -2.61. The minimum Gasteiger partial charge on any atom is -0.374 e. The quantitative estimate of drug-likeness (QED) is 0.476. The Morgan fingerprint density at radius 2 is 1.15 bits per heavy atom. The lowest BCUT2D eigenvalue weighted by molar-refractivity contribution is -0.385. The molecule has 26 heavy (non-hydrogen) atoms. The highest BCUT2D eigenvalue weighted by molar-refractivity contribution is 5.37. The average molecular weight is 356 g/mol. The summed E-state index contributed by atoms with van der Waals surface area (Å²) in [4.78, 5) is 19.5. The number of rotatable bonds is 4. The van der Waals surface area contributed by atoms with Crippen LogP contribution in [-0.4, -0.2) is 20.1 Å². The van der Waals surface area contributed by atoms with Crippen LogP contribution in [0.15, 0.2) is 48.5 Å². The number of nitro groups is 2. The van der Waals surface area contributed by atoms with Crippen molar-refractivity contribution in [3.63, 3.8) is 0 Å². The highest BCUT2D eigenvalue weighted by atomic mass is 16.6. The summed E-state index contributed by atoms with van der Waals surface area (Å²) in [5.41, 5.74) is 0.201. The number of aliphatic hydroxyl groups excluding tert-OH is 2. The molecule has 0 aliphatic heterocycles. The van der Waals surface area contributed by atoms with Crippen LogP contribution in [-0.2, 0) is 0 Å². The van der Waals surface area contributed by atoms with Gasteiger partial charge >= 0.3 is 0 Å². The molecule has 2 unspecified atom stereocenters. The Hall–Kier alpha value is -3.86. The molecule has 0 heterocycles. The van der Waals surface area contributed by atoms with E-state index in [1.54, 1.807) is 12.1 Å². The number of nitro benzene ring substituents is 2. The zero-order valence-electron chi connectivity index (χ0n) is 13.1. The molecule has 2 aromatic carbocycles. The van der Waals surface area contributed by atoms with Crippen molar-refractivity contribution >= 4 is 11.4 Å². The largest absolute Gasteiger partial charge is 0.374 e. The Morgan fingerprint density at radius 1 is 0.808 bits per heavy atom. The Morgan fingerprint density at radius 3 is 1.42 bits per heavy atom. The van der Waals surface area contributed by atoms with E-state index in [0.29, 0.717) is 0 Å². The third kappa shape index (κ3) is 5.65. The van der Waals surface area contributed by atoms with Gasteiger partial charge in [-0.1, -0.05) is 24.3 Å². The van der Waals surface area contributed by atoms with Gasteiger partial charge in [-0.25, -0.2) is 0 Å². The van der Waals surface area contributed by atoms with Gasteiger partial charge in [-0.05, 0) is 0 Å². The molecule has 10 heteroatoms. The third-order valence-corrected chi connectivity index (χ3v) is 3.04. The summed E-state index contributed by atoms with van der Waals surface area (Å²) in [6, 6.07) is 13.9. The van der Waals surface area contributed by atoms with E-state index in [2.05, 4.69) is 0 Å². The molecule has 0 amide bonds. The molecule has 0 bridgehead atoms. The van der Waals surface area contributed by atoms with Crippen molar-refractivity contribution in [3.8, 4) is 12.1 Å². The molecule has 10 nitrogen and oxygen atoms in total. The zero-order valence-corrected chi connectivity index (χ0v) is 13.1. The van der Waals surface area contributed by atoms with Crippen LogP contribution in [0.4, 0.5) is 11.4 Å². The van der Waals surface area contributed by atoms with Gasteiger partial charge in [0.15, 0.2) is 12.2 Å². The number of benzene rings is 2. The predicted molar refractivity (Wildman–Crippen MR) is 87.3 cm³/mol. The van der Waals surface area contributed by atoms with Gasteiger partial charge < -0.3 is 10.2 Å². The van der Waals surface area contributed by atoms with Crippen molar-refractivity contribution in [2.75, 3.05) is 0 Å². The SMILES string of the molecule is N#CC(O)c1cccc([N+](=O)[O-])c1.N#CC(O)c1cccc([N+](=O)[O-])c1. The van der Waals surface area contributed by atoms with E-state index in [0.717, 1.165) is 0 Å². The first-order valence-electron chi connectivity index (χ1n) is 6.94. The van der Waals surface area contributed by atoms with Crippen molar-refractivity contribution in [3.05, 3.63) is 79.9 Å². The summed E-state index contributed by atoms with van der Waals surface area (Å²) in [5.74, 6) is 0. The summed E-state index contributed by atoms with van der Waals surface area (Å²) in [7, 11) is 0. The lowest BCUT2D eigenvalue weighted by Gasteiger charge is -2.00. The van der Waals surface area contributed by atoms with E-state index in [4.69, 9.17) is 20.7 Å². The number of hydrogen-bond donors (Lipinski definition) is 2. The maximum absolute atomic E-state index is 10.3. The predicted octanol–water partition coefficient (Wildman–Crippen LogP) is 2.30. The van der Waals surface area contributed by atoms with Gasteiger partial charge in [0.25, 0.3) is 11.4 Å². The maximum Gasteiger partial charge on any atom is 0.269 e. The number of nitriles is 2. The zero-order chi connectivity index (χ0) is 19.7. The summed E-state index contributed by atoms with van der Waals surface area (Å²) < 4.78 is 0. The molecule has 0 aromatic heterocycles. The second kappa shape index (κ2) is 9.44. The van der Waals surface area contributed by atoms with E-state index in [1.807, 2.05) is 0 Å². The molecular weight excluding hydrogens is 344 g/mol. The Balaban J connectivity index is 0.000000260. The van der Waals surface area contributed by atoms with Gasteiger partial charge in [-0.2, -0.15) is 10.5 Å². The maximum atomic E-state index is 10.3. The van der Waals surface area contributed by atoms with Crippen molar-refractivity contribution < 1.29 is 20.1 Å². The summed E-state index contributed by atoms with van der Waals surface area (Å²) in [6.45, 7) is 0. The van der Waals surface area contributed by atoms with Crippen LogP contribution in [0.3, 0.4) is 0 Å². The van der Waals surface area contributed by atoms with E-state index >= 15 is 0 Å². The Kier molecular flexibility index (Phi) is 7.33. The van der Waals surface area contributed by atoms with Crippen molar-refractivity contribution in [2.24, 2.45) is 0 Å². The topological polar surface area (TPSA) is 174 Å². The molecule has 2 atom stereocenters. The molecule has 2 rings (SSSR count). The number of nitrogens with zero attached hydrogens (tertiary/aromatic N) is 4. The number of hydrogen-bond acceptors (Lipinski definition) is 8. The lowest BCUT2D eigenvalue weighted by atomic mass is 10.1. The lowest BCUT2D eigenvalue weighted by Crippen LogP contribution is -1.95. The van der Waals surface area contributed by atoms with Crippen LogP contribution < -0.4 is 0 Å². The normalized spacial score (nSPS) is 11.7. The smallest absolute Gasteiger partial charge is 0.269 e. The van der Waals surface area contributed by atoms with E-state index < -0.39 is 22.1 Å². The standard InChI is InChI=1S/2C8H6N2O3/c2*9-5-8(11)6-2-1-3-7(4-6)10(12)13/h2*1-4,8,11H. The molecular formula is C16H12N4O6. The highest BCUT2D eigenvalue weighted by Gasteiger charge is 2.11. The fourth-order valence-corrected chi connectivity index (χ4v) is 1.77. The van der Waals surface area contributed by atoms with Gasteiger partial charge in [-0.3, -0.25) is 20.2 Å². The van der Waals surface area contributed by atoms with Gasteiger partial charge in [0.1, 0.15) is 0 Å². The van der Waals surface area contributed by atoms with Gasteiger partial charge in [0.05, 0.1) is 22.0 Å². The molecule has 0 saturated carbocycles. The van der Waals surface area contributed by atoms with Crippen LogP contribution in [0.5, 0.6) is 0 Å². The van der Waals surface area contributed by atoms with E-state index in [-0.39, 0.29) is 22.5 Å². The molecule has 0 radical (unpaired) electrons. The van der Waals surface area contributed by atoms with Crippen LogP contribution >= 0.6 is 0 Å². The minimum atomic E-state index is -1.31. The average Bonchev–Trinajstić information content (AvgIpc) is 2.67. The molecule has 2 N–H and O–H groups in total. The van der Waals surface area contributed by atoms with Crippen molar-refractivity contribution in [1.29, 1.82) is 10.5 Å². The molecule has 2 aromatic rings. The van der Waals surface area contributed by atoms with Crippen LogP contribution in [0.1, 0.15) is 23.3 Å². The van der Waals surface area contributed by atoms with Gasteiger partial charge in [-0.15, -0.1) is 0 Å². The van der Waals surface area contributed by atoms with Crippen molar-refractivity contribution in [1.82, 2.24) is 0 Å². The third-order valence-electron chi connectivity index (χ3n) is 3.04. The molecule has 0 saturated heterocycles. The monoisotopic (exact) mass is 356 g/mol. The first-order valence-corrected chi connectivity index (χ1v) is 6.94. The first-order chi connectivity index (χ1) is 12.3. The fraction of sp³-hybridized carbons (Fsp3) is 0.125. The van der Waals surface area contributed by atoms with Crippen LogP contribution in [0.2, 0.25) is 0 Å². The molecule has 0 fully saturated rings. The van der Waals surface area contributed by atoms with E-state index in [9.17, 15) is 20.2 Å². The van der Waals surface area contributed by atoms with Crippen molar-refractivity contribution in [2.45, 2.75) is 12.2 Å². The molecule has 132 valence electrons. The Bertz CT molecular complexity index is 813. The van der Waals surface area contributed by atoms with Crippen LogP contribution in [0.25, 0.3) is 0 Å². The van der Waals surface area contributed by atoms with Gasteiger partial charge in [0.2, 0.25) is 0 Å². The fourth-order valence-electron chi connectivity index (χ4n) is 1.77. The first kappa shape index (κ1) is 20.2. The second-order valence-electron chi connectivity index (χ2n) is 4.77. The molecule has 0 aliphatic carbocycles. The van der Waals surface area contributed by atoms with Gasteiger partial charge in [0, 0.05) is 35.4 Å². The van der Waals surface area contributed by atoms with Crippen LogP contribution in [0, 0.1) is 42.9 Å². The second-order valence-corrected chi connectivity index (χ2v) is 4.77. The minimum absolute atomic E-state index is 0.133. The number of non-ortho nitro benzene ring substituents is 2. The van der Waals surface area contributed by atoms with E-state index in [1.165, 1.54) is 48.5 Å². The summed E-state index contributed by atoms with van der Waals surface area (Å²) in [5, 5.41) is 55.4. The molecule has 0 spiro atoms. The summed E-state index contributed by atoms with van der Waals surface area (Å²) >= 11 is 0. The number of aliphatic hydroxyl groups is 2. The Labute approximate surface area is 147 Å². The highest BCUT2D eigenvalue weighted by Crippen LogP contribution is 2.19.